The number of aromatic nitrogens is 3. The Kier molecular flexibility index (Phi) is 6.80. The molecule has 8 rings (SSSR count). The second-order valence-corrected chi connectivity index (χ2v) is 13.1. The first kappa shape index (κ1) is 28.4. The highest BCUT2D eigenvalue weighted by Gasteiger charge is 2.49. The third kappa shape index (κ3) is 4.67. The lowest BCUT2D eigenvalue weighted by Gasteiger charge is -2.35. The predicted octanol–water partition coefficient (Wildman–Crippen LogP) is 5.13. The summed E-state index contributed by atoms with van der Waals surface area (Å²) in [6, 6.07) is 7.49. The number of aromatic hydroxyl groups is 1. The number of rotatable bonds is 6. The molecule has 0 unspecified atom stereocenters. The number of phenolic OH excluding ortho intramolecular Hbond substituents is 1. The number of nitrogens with one attached hydrogen (secondary N) is 1. The quantitative estimate of drug-likeness (QED) is 0.291. The summed E-state index contributed by atoms with van der Waals surface area (Å²) in [5.74, 6) is 2.70. The number of anilines is 1. The highest BCUT2D eigenvalue weighted by molar-refractivity contribution is 6.04. The van der Waals surface area contributed by atoms with Crippen LogP contribution in [0.15, 0.2) is 30.5 Å². The van der Waals surface area contributed by atoms with Gasteiger partial charge in [0.2, 0.25) is 0 Å². The lowest BCUT2D eigenvalue weighted by molar-refractivity contribution is 0.107. The molecule has 0 saturated carbocycles. The van der Waals surface area contributed by atoms with E-state index in [1.807, 2.05) is 6.92 Å². The van der Waals surface area contributed by atoms with Gasteiger partial charge in [-0.2, -0.15) is 9.97 Å². The summed E-state index contributed by atoms with van der Waals surface area (Å²) < 4.78 is 38.0. The van der Waals surface area contributed by atoms with Gasteiger partial charge in [0.25, 0.3) is 0 Å². The van der Waals surface area contributed by atoms with Crippen molar-refractivity contribution in [2.75, 3.05) is 37.7 Å². The molecule has 0 radical (unpaired) electrons. The van der Waals surface area contributed by atoms with Crippen LogP contribution >= 0.6 is 0 Å². The summed E-state index contributed by atoms with van der Waals surface area (Å²) in [6.45, 7) is 4.93. The Morgan fingerprint density at radius 3 is 2.78 bits per heavy atom. The van der Waals surface area contributed by atoms with Gasteiger partial charge in [-0.25, -0.2) is 8.78 Å². The third-order valence-electron chi connectivity index (χ3n) is 10.3. The maximum Gasteiger partial charge on any atom is 0.319 e. The second kappa shape index (κ2) is 10.8. The minimum absolute atomic E-state index is 0.0000157. The van der Waals surface area contributed by atoms with Gasteiger partial charge in [-0.15, -0.1) is 6.42 Å². The van der Waals surface area contributed by atoms with Crippen LogP contribution in [0.1, 0.15) is 50.3 Å². The van der Waals surface area contributed by atoms with E-state index in [9.17, 15) is 9.50 Å². The maximum absolute atomic E-state index is 17.2. The number of halogens is 2. The first-order valence-corrected chi connectivity index (χ1v) is 16.0. The van der Waals surface area contributed by atoms with Gasteiger partial charge in [-0.1, -0.05) is 12.8 Å². The Morgan fingerprint density at radius 1 is 1.18 bits per heavy atom. The fraction of sp³-hybridized carbons (Fsp3) is 0.457. The minimum Gasteiger partial charge on any atom is -0.508 e. The number of hydrogen-bond acceptors (Lipinski definition) is 8. The summed E-state index contributed by atoms with van der Waals surface area (Å²) in [6.07, 6.45) is 11.9. The van der Waals surface area contributed by atoms with Crippen molar-refractivity contribution in [1.29, 1.82) is 0 Å². The molecule has 0 aliphatic carbocycles. The summed E-state index contributed by atoms with van der Waals surface area (Å²) >= 11 is 0. The molecule has 4 aromatic rings. The standard InChI is InChI=1S/C35H36F2N6O2/c1-3-20-13-27-32(31(37)30(20)26-14-25(44)12-21-8-10-38-28(4-2)29(21)26)40-34(41-33(27)42-17-23-6-7-24(18-42)39-23)45-19-35-9-5-11-43(35)16-22(36)15-35/h1,8,10,12-14,22-24,39,44H,4-7,9,11,15-19H2,2H3/t22-,23-,24+,35+/m1/s1. The molecule has 4 aliphatic heterocycles. The first-order chi connectivity index (χ1) is 21.9. The molecule has 2 bridgehead atoms. The smallest absolute Gasteiger partial charge is 0.319 e. The van der Waals surface area contributed by atoms with Crippen LogP contribution in [-0.4, -0.2) is 81.5 Å². The van der Waals surface area contributed by atoms with Crippen molar-refractivity contribution in [3.63, 3.8) is 0 Å². The molecule has 0 spiro atoms. The number of hydrogen-bond donors (Lipinski definition) is 2. The van der Waals surface area contributed by atoms with Crippen molar-refractivity contribution in [2.24, 2.45) is 0 Å². The van der Waals surface area contributed by atoms with E-state index in [0.717, 1.165) is 61.8 Å². The van der Waals surface area contributed by atoms with Gasteiger partial charge in [-0.3, -0.25) is 9.88 Å². The molecule has 45 heavy (non-hydrogen) atoms. The van der Waals surface area contributed by atoms with Crippen molar-refractivity contribution >= 4 is 27.5 Å². The molecule has 4 saturated heterocycles. The molecule has 8 nitrogen and oxygen atoms in total. The fourth-order valence-corrected chi connectivity index (χ4v) is 8.33. The zero-order chi connectivity index (χ0) is 30.9. The van der Waals surface area contributed by atoms with Gasteiger partial charge in [0, 0.05) is 71.9 Å². The zero-order valence-electron chi connectivity index (χ0n) is 25.3. The molecule has 10 heteroatoms. The fourth-order valence-electron chi connectivity index (χ4n) is 8.33. The highest BCUT2D eigenvalue weighted by Crippen LogP contribution is 2.43. The van der Waals surface area contributed by atoms with Crippen LogP contribution in [0.5, 0.6) is 11.8 Å². The molecule has 0 amide bonds. The lowest BCUT2D eigenvalue weighted by atomic mass is 9.91. The molecule has 2 aromatic carbocycles. The van der Waals surface area contributed by atoms with E-state index in [1.165, 1.54) is 0 Å². The topological polar surface area (TPSA) is 86.6 Å². The first-order valence-electron chi connectivity index (χ1n) is 16.0. The van der Waals surface area contributed by atoms with E-state index in [2.05, 4.69) is 31.0 Å². The number of terminal acetylenes is 1. The SMILES string of the molecule is C#Cc1cc2c(N3C[C@H]4CC[C@@H](C3)N4)nc(OC[C@@]34CCCN3C[C@H](F)C4)nc2c(F)c1-c1cc(O)cc2ccnc(CC)c12. The average Bonchev–Trinajstić information content (AvgIpc) is 3.69. The molecule has 2 aromatic heterocycles. The normalized spacial score (nSPS) is 26.1. The minimum atomic E-state index is -0.889. The van der Waals surface area contributed by atoms with Gasteiger partial charge in [0.1, 0.15) is 29.9 Å². The summed E-state index contributed by atoms with van der Waals surface area (Å²) in [4.78, 5) is 18.5. The predicted molar refractivity (Wildman–Crippen MR) is 170 cm³/mol. The van der Waals surface area contributed by atoms with Crippen LogP contribution in [-0.2, 0) is 6.42 Å². The number of phenols is 1. The van der Waals surface area contributed by atoms with E-state index < -0.39 is 17.5 Å². The number of fused-ring (bicyclic) bond motifs is 5. The van der Waals surface area contributed by atoms with Crippen LogP contribution in [0.25, 0.3) is 32.8 Å². The highest BCUT2D eigenvalue weighted by atomic mass is 19.1. The molecule has 4 fully saturated rings. The van der Waals surface area contributed by atoms with Crippen molar-refractivity contribution in [1.82, 2.24) is 25.2 Å². The van der Waals surface area contributed by atoms with Crippen LogP contribution in [0.2, 0.25) is 0 Å². The number of benzene rings is 2. The summed E-state index contributed by atoms with van der Waals surface area (Å²) in [5, 5.41) is 16.3. The Bertz CT molecular complexity index is 1870. The number of piperazine rings is 1. The molecular formula is C35H36F2N6O2. The Hall–Kier alpha value is -4.07. The van der Waals surface area contributed by atoms with E-state index in [-0.39, 0.29) is 29.4 Å². The average molecular weight is 611 g/mol. The molecular weight excluding hydrogens is 574 g/mol. The van der Waals surface area contributed by atoms with E-state index in [1.54, 1.807) is 30.5 Å². The number of aryl methyl sites for hydroxylation is 1. The monoisotopic (exact) mass is 610 g/mol. The second-order valence-electron chi connectivity index (χ2n) is 13.1. The molecule has 232 valence electrons. The lowest BCUT2D eigenvalue weighted by Crippen LogP contribution is -2.51. The van der Waals surface area contributed by atoms with E-state index in [0.29, 0.717) is 53.8 Å². The summed E-state index contributed by atoms with van der Waals surface area (Å²) in [7, 11) is 0. The van der Waals surface area contributed by atoms with Gasteiger partial charge >= 0.3 is 6.01 Å². The van der Waals surface area contributed by atoms with Gasteiger partial charge in [0.05, 0.1) is 5.54 Å². The zero-order valence-corrected chi connectivity index (χ0v) is 25.3. The van der Waals surface area contributed by atoms with Crippen molar-refractivity contribution in [2.45, 2.75) is 69.2 Å². The molecule has 4 aliphatic rings. The molecule has 6 heterocycles. The number of ether oxygens (including phenoxy) is 1. The van der Waals surface area contributed by atoms with Crippen LogP contribution in [0, 0.1) is 18.2 Å². The number of nitrogens with zero attached hydrogens (tertiary/aromatic N) is 5. The van der Waals surface area contributed by atoms with Crippen LogP contribution in [0.3, 0.4) is 0 Å². The van der Waals surface area contributed by atoms with Crippen molar-refractivity contribution < 1.29 is 18.6 Å². The van der Waals surface area contributed by atoms with E-state index >= 15 is 4.39 Å². The van der Waals surface area contributed by atoms with Crippen LogP contribution < -0.4 is 15.0 Å². The van der Waals surface area contributed by atoms with E-state index in [4.69, 9.17) is 16.1 Å². The summed E-state index contributed by atoms with van der Waals surface area (Å²) in [5.41, 5.74) is 1.47. The number of alkyl halides is 1. The van der Waals surface area contributed by atoms with Crippen molar-refractivity contribution in [3.05, 3.63) is 47.5 Å². The maximum atomic E-state index is 17.2. The van der Waals surface area contributed by atoms with Crippen LogP contribution in [0.4, 0.5) is 14.6 Å². The number of pyridine rings is 1. The Balaban J connectivity index is 1.31. The third-order valence-corrected chi connectivity index (χ3v) is 10.3. The largest absolute Gasteiger partial charge is 0.508 e. The Morgan fingerprint density at radius 2 is 2.00 bits per heavy atom. The Labute approximate surface area is 260 Å². The van der Waals surface area contributed by atoms with Crippen molar-refractivity contribution in [3.8, 4) is 35.2 Å². The van der Waals surface area contributed by atoms with Gasteiger partial charge in [0.15, 0.2) is 5.82 Å². The van der Waals surface area contributed by atoms with Gasteiger partial charge in [-0.05, 0) is 73.9 Å². The molecule has 2 N–H and O–H groups in total. The molecule has 4 atom stereocenters. The van der Waals surface area contributed by atoms with Gasteiger partial charge < -0.3 is 20.1 Å².